The number of hydrogen-bond acceptors (Lipinski definition) is 4. The van der Waals surface area contributed by atoms with Crippen molar-refractivity contribution in [2.24, 2.45) is 0 Å². The van der Waals surface area contributed by atoms with E-state index in [1.807, 2.05) is 60.0 Å². The molecule has 30 heavy (non-hydrogen) atoms. The fourth-order valence-corrected chi connectivity index (χ4v) is 4.16. The van der Waals surface area contributed by atoms with Gasteiger partial charge in [0, 0.05) is 18.8 Å². The monoisotopic (exact) mass is 412 g/mol. The molecule has 0 bridgehead atoms. The van der Waals surface area contributed by atoms with E-state index in [0.29, 0.717) is 16.0 Å². The SMILES string of the molecule is CN(C(=O)c1ccccc1C(=O)c1cccs1)[C@H](c1ccccc1)c1ccccn1. The summed E-state index contributed by atoms with van der Waals surface area (Å²) in [7, 11) is 1.75. The van der Waals surface area contributed by atoms with Crippen LogP contribution in [-0.2, 0) is 0 Å². The minimum absolute atomic E-state index is 0.142. The molecule has 0 N–H and O–H groups in total. The van der Waals surface area contributed by atoms with E-state index in [9.17, 15) is 9.59 Å². The van der Waals surface area contributed by atoms with Crippen LogP contribution in [0.3, 0.4) is 0 Å². The van der Waals surface area contributed by atoms with Crippen molar-refractivity contribution >= 4 is 23.0 Å². The second-order valence-electron chi connectivity index (χ2n) is 6.84. The zero-order valence-corrected chi connectivity index (χ0v) is 17.3. The highest BCUT2D eigenvalue weighted by Crippen LogP contribution is 2.28. The predicted molar refractivity (Wildman–Crippen MR) is 119 cm³/mol. The molecular weight excluding hydrogens is 392 g/mol. The minimum Gasteiger partial charge on any atom is -0.329 e. The summed E-state index contributed by atoms with van der Waals surface area (Å²) in [6.07, 6.45) is 1.72. The zero-order valence-electron chi connectivity index (χ0n) is 16.4. The van der Waals surface area contributed by atoms with Crippen molar-refractivity contribution in [3.63, 3.8) is 0 Å². The number of amides is 1. The highest BCUT2D eigenvalue weighted by molar-refractivity contribution is 7.12. The first-order valence-corrected chi connectivity index (χ1v) is 10.4. The van der Waals surface area contributed by atoms with Gasteiger partial charge in [-0.2, -0.15) is 0 Å². The van der Waals surface area contributed by atoms with Crippen LogP contribution in [-0.4, -0.2) is 28.6 Å². The molecule has 0 aliphatic carbocycles. The summed E-state index contributed by atoms with van der Waals surface area (Å²) in [5.41, 5.74) is 2.51. The van der Waals surface area contributed by atoms with Gasteiger partial charge >= 0.3 is 0 Å². The van der Waals surface area contributed by atoms with Crippen LogP contribution < -0.4 is 0 Å². The van der Waals surface area contributed by atoms with E-state index in [-0.39, 0.29) is 17.7 Å². The third-order valence-electron chi connectivity index (χ3n) is 4.94. The van der Waals surface area contributed by atoms with E-state index in [4.69, 9.17) is 0 Å². The summed E-state index contributed by atoms with van der Waals surface area (Å²) in [4.78, 5) is 33.3. The van der Waals surface area contributed by atoms with E-state index in [2.05, 4.69) is 4.98 Å². The normalized spacial score (nSPS) is 11.6. The molecule has 4 aromatic rings. The Morgan fingerprint density at radius 1 is 0.833 bits per heavy atom. The highest BCUT2D eigenvalue weighted by Gasteiger charge is 2.28. The van der Waals surface area contributed by atoms with Crippen molar-refractivity contribution in [3.8, 4) is 0 Å². The van der Waals surface area contributed by atoms with E-state index in [1.165, 1.54) is 11.3 Å². The lowest BCUT2D eigenvalue weighted by Crippen LogP contribution is -2.33. The molecule has 2 heterocycles. The summed E-state index contributed by atoms with van der Waals surface area (Å²) in [6, 6.07) is 25.7. The smallest absolute Gasteiger partial charge is 0.255 e. The third-order valence-corrected chi connectivity index (χ3v) is 5.81. The molecule has 0 unspecified atom stereocenters. The number of pyridine rings is 1. The number of nitrogens with zero attached hydrogens (tertiary/aromatic N) is 2. The molecule has 5 heteroatoms. The van der Waals surface area contributed by atoms with Crippen LogP contribution in [0.25, 0.3) is 0 Å². The van der Waals surface area contributed by atoms with Gasteiger partial charge in [-0.3, -0.25) is 14.6 Å². The zero-order chi connectivity index (χ0) is 20.9. The van der Waals surface area contributed by atoms with Crippen LogP contribution in [0, 0.1) is 0 Å². The van der Waals surface area contributed by atoms with Gasteiger partial charge in [-0.25, -0.2) is 0 Å². The molecule has 4 rings (SSSR count). The molecule has 4 nitrogen and oxygen atoms in total. The fraction of sp³-hybridized carbons (Fsp3) is 0.0800. The number of carbonyl (C=O) groups is 2. The van der Waals surface area contributed by atoms with Crippen molar-refractivity contribution in [1.82, 2.24) is 9.88 Å². The van der Waals surface area contributed by atoms with Crippen molar-refractivity contribution < 1.29 is 9.59 Å². The van der Waals surface area contributed by atoms with Gasteiger partial charge in [0.2, 0.25) is 5.78 Å². The Morgan fingerprint density at radius 3 is 2.20 bits per heavy atom. The van der Waals surface area contributed by atoms with Crippen molar-refractivity contribution in [2.75, 3.05) is 7.05 Å². The highest BCUT2D eigenvalue weighted by atomic mass is 32.1. The lowest BCUT2D eigenvalue weighted by molar-refractivity contribution is 0.0748. The number of carbonyl (C=O) groups excluding carboxylic acids is 2. The maximum atomic E-state index is 13.6. The second-order valence-corrected chi connectivity index (χ2v) is 7.78. The molecule has 0 saturated heterocycles. The topological polar surface area (TPSA) is 50.3 Å². The molecule has 0 saturated carbocycles. The Bertz CT molecular complexity index is 1100. The largest absolute Gasteiger partial charge is 0.329 e. The number of thiophene rings is 1. The summed E-state index contributed by atoms with van der Waals surface area (Å²) >= 11 is 1.37. The average molecular weight is 413 g/mol. The molecule has 0 fully saturated rings. The van der Waals surface area contributed by atoms with Crippen LogP contribution in [0.15, 0.2) is 96.5 Å². The predicted octanol–water partition coefficient (Wildman–Crippen LogP) is 5.24. The minimum atomic E-state index is -0.371. The number of aromatic nitrogens is 1. The third kappa shape index (κ3) is 3.93. The van der Waals surface area contributed by atoms with Crippen LogP contribution in [0.2, 0.25) is 0 Å². The molecule has 1 atom stereocenters. The van der Waals surface area contributed by atoms with Gasteiger partial charge in [0.25, 0.3) is 5.91 Å². The molecule has 2 aromatic heterocycles. The molecule has 0 aliphatic heterocycles. The summed E-state index contributed by atoms with van der Waals surface area (Å²) in [6.45, 7) is 0. The Hall–Kier alpha value is -3.57. The lowest BCUT2D eigenvalue weighted by Gasteiger charge is -2.29. The number of ketones is 1. The van der Waals surface area contributed by atoms with Gasteiger partial charge < -0.3 is 4.90 Å². The van der Waals surface area contributed by atoms with Crippen molar-refractivity contribution in [1.29, 1.82) is 0 Å². The van der Waals surface area contributed by atoms with Gasteiger partial charge in [0.05, 0.1) is 22.2 Å². The molecule has 148 valence electrons. The lowest BCUT2D eigenvalue weighted by atomic mass is 9.98. The molecule has 0 spiro atoms. The first kappa shape index (κ1) is 19.7. The molecule has 2 aromatic carbocycles. The van der Waals surface area contributed by atoms with Crippen LogP contribution in [0.1, 0.15) is 42.9 Å². The Morgan fingerprint density at radius 2 is 1.53 bits per heavy atom. The van der Waals surface area contributed by atoms with Gasteiger partial charge in [-0.1, -0.05) is 60.7 Å². The molecule has 0 aliphatic rings. The van der Waals surface area contributed by atoms with E-state index in [0.717, 1.165) is 11.3 Å². The average Bonchev–Trinajstić information content (AvgIpc) is 3.35. The Labute approximate surface area is 179 Å². The van der Waals surface area contributed by atoms with Crippen LogP contribution >= 0.6 is 11.3 Å². The van der Waals surface area contributed by atoms with Crippen LogP contribution in [0.5, 0.6) is 0 Å². The Kier molecular flexibility index (Phi) is 5.82. The molecule has 0 radical (unpaired) electrons. The van der Waals surface area contributed by atoms with E-state index >= 15 is 0 Å². The van der Waals surface area contributed by atoms with Gasteiger partial charge in [0.1, 0.15) is 0 Å². The van der Waals surface area contributed by atoms with E-state index < -0.39 is 0 Å². The van der Waals surface area contributed by atoms with Crippen molar-refractivity contribution in [3.05, 3.63) is 124 Å². The first-order valence-electron chi connectivity index (χ1n) is 9.57. The maximum absolute atomic E-state index is 13.6. The molecule has 1 amide bonds. The summed E-state index contributed by atoms with van der Waals surface area (Å²) in [5, 5.41) is 1.86. The van der Waals surface area contributed by atoms with Crippen molar-refractivity contribution in [2.45, 2.75) is 6.04 Å². The number of benzene rings is 2. The summed E-state index contributed by atoms with van der Waals surface area (Å²) < 4.78 is 0. The van der Waals surface area contributed by atoms with Gasteiger partial charge in [-0.15, -0.1) is 11.3 Å². The quantitative estimate of drug-likeness (QED) is 0.407. The first-order chi connectivity index (χ1) is 14.7. The van der Waals surface area contributed by atoms with Gasteiger partial charge in [-0.05, 0) is 35.2 Å². The maximum Gasteiger partial charge on any atom is 0.255 e. The second kappa shape index (κ2) is 8.84. The van der Waals surface area contributed by atoms with Crippen LogP contribution in [0.4, 0.5) is 0 Å². The standard InChI is InChI=1S/C25H20N2O2S/c1-27(23(18-10-3-2-4-11-18)21-14-7-8-16-26-21)25(29)20-13-6-5-12-19(20)24(28)22-15-9-17-30-22/h2-17,23H,1H3/t23-/m1/s1. The fourth-order valence-electron chi connectivity index (χ4n) is 3.48. The molecular formula is C25H20N2O2S. The Balaban J connectivity index is 1.74. The van der Waals surface area contributed by atoms with E-state index in [1.54, 1.807) is 48.5 Å². The summed E-state index contributed by atoms with van der Waals surface area (Å²) in [5.74, 6) is -0.369. The number of rotatable bonds is 6. The van der Waals surface area contributed by atoms with Gasteiger partial charge in [0.15, 0.2) is 0 Å². The number of hydrogen-bond donors (Lipinski definition) is 0.